The maximum Gasteiger partial charge on any atom is 0.0325 e. The Labute approximate surface area is 98.6 Å². The van der Waals surface area contributed by atoms with E-state index < -0.39 is 0 Å². The molecule has 1 aromatic carbocycles. The minimum Gasteiger partial charge on any atom is -0.306 e. The lowest BCUT2D eigenvalue weighted by molar-refractivity contribution is 0.474. The molecule has 0 aliphatic heterocycles. The van der Waals surface area contributed by atoms with Crippen molar-refractivity contribution in [3.63, 3.8) is 0 Å². The first-order valence-electron chi connectivity index (χ1n) is 6.29. The Morgan fingerprint density at radius 3 is 3.06 bits per heavy atom. The Morgan fingerprint density at radius 2 is 2.25 bits per heavy atom. The Bertz CT molecular complexity index is 367. The highest BCUT2D eigenvalue weighted by molar-refractivity contribution is 5.32. The molecule has 0 bridgehead atoms. The Morgan fingerprint density at radius 1 is 1.44 bits per heavy atom. The summed E-state index contributed by atoms with van der Waals surface area (Å²) in [5.74, 6) is 0. The molecule has 1 aliphatic carbocycles. The fourth-order valence-corrected chi connectivity index (χ4v) is 2.36. The molecular weight excluding hydrogens is 194 g/mol. The highest BCUT2D eigenvalue weighted by Gasteiger charge is 2.18. The van der Waals surface area contributed by atoms with Gasteiger partial charge in [-0.1, -0.05) is 43.3 Å². The molecule has 0 aromatic heterocycles. The first kappa shape index (κ1) is 11.4. The third kappa shape index (κ3) is 2.53. The van der Waals surface area contributed by atoms with Gasteiger partial charge in [-0.15, -0.1) is 0 Å². The van der Waals surface area contributed by atoms with Gasteiger partial charge in [0.15, 0.2) is 0 Å². The van der Waals surface area contributed by atoms with E-state index in [1.54, 1.807) is 0 Å². The topological polar surface area (TPSA) is 12.0 Å². The van der Waals surface area contributed by atoms with Gasteiger partial charge >= 0.3 is 0 Å². The average molecular weight is 215 g/mol. The maximum absolute atomic E-state index is 4.05. The fourth-order valence-electron chi connectivity index (χ4n) is 2.36. The van der Waals surface area contributed by atoms with E-state index >= 15 is 0 Å². The summed E-state index contributed by atoms with van der Waals surface area (Å²) in [6, 6.07) is 9.35. The molecule has 0 saturated heterocycles. The van der Waals surface area contributed by atoms with Crippen molar-refractivity contribution in [3.8, 4) is 0 Å². The number of hydrogen-bond donors (Lipinski definition) is 1. The summed E-state index contributed by atoms with van der Waals surface area (Å²) in [4.78, 5) is 0. The third-order valence-corrected chi connectivity index (χ3v) is 3.47. The zero-order valence-electron chi connectivity index (χ0n) is 10.1. The van der Waals surface area contributed by atoms with Crippen LogP contribution in [0.5, 0.6) is 0 Å². The van der Waals surface area contributed by atoms with Gasteiger partial charge in [0.25, 0.3) is 0 Å². The third-order valence-electron chi connectivity index (χ3n) is 3.47. The molecule has 0 amide bonds. The molecule has 1 aromatic rings. The van der Waals surface area contributed by atoms with Gasteiger partial charge in [0.2, 0.25) is 0 Å². The summed E-state index contributed by atoms with van der Waals surface area (Å²) in [6.07, 6.45) is 4.87. The molecule has 0 spiro atoms. The summed E-state index contributed by atoms with van der Waals surface area (Å²) in [7, 11) is 0. The average Bonchev–Trinajstić information content (AvgIpc) is 2.35. The van der Waals surface area contributed by atoms with Gasteiger partial charge in [-0.05, 0) is 36.8 Å². The van der Waals surface area contributed by atoms with Crippen molar-refractivity contribution in [2.75, 3.05) is 6.54 Å². The van der Waals surface area contributed by atoms with Gasteiger partial charge in [0, 0.05) is 12.6 Å². The molecule has 1 N–H and O–H groups in total. The molecule has 1 heteroatoms. The van der Waals surface area contributed by atoms with Gasteiger partial charge < -0.3 is 5.32 Å². The van der Waals surface area contributed by atoms with Crippen molar-refractivity contribution in [2.45, 2.75) is 38.6 Å². The van der Waals surface area contributed by atoms with Crippen molar-refractivity contribution < 1.29 is 0 Å². The molecule has 86 valence electrons. The van der Waals surface area contributed by atoms with Crippen LogP contribution >= 0.6 is 0 Å². The van der Waals surface area contributed by atoms with Crippen molar-refractivity contribution in [2.24, 2.45) is 0 Å². The van der Waals surface area contributed by atoms with Crippen LogP contribution in [0.15, 0.2) is 36.4 Å². The maximum atomic E-state index is 4.05. The normalized spacial score (nSPS) is 19.2. The van der Waals surface area contributed by atoms with E-state index in [4.69, 9.17) is 0 Å². The number of hydrogen-bond acceptors (Lipinski definition) is 1. The Kier molecular flexibility index (Phi) is 3.79. The molecule has 0 radical (unpaired) electrons. The van der Waals surface area contributed by atoms with E-state index in [0.29, 0.717) is 6.04 Å². The molecule has 1 aliphatic rings. The molecule has 16 heavy (non-hydrogen) atoms. The van der Waals surface area contributed by atoms with Gasteiger partial charge in [-0.3, -0.25) is 0 Å². The second kappa shape index (κ2) is 5.31. The molecule has 0 fully saturated rings. The standard InChI is InChI=1S/C15H21N/c1-3-12(2)11-16-15-10-6-8-13-7-4-5-9-14(13)15/h4-5,7,9,15-16H,2-3,6,8,10-11H2,1H3. The lowest BCUT2D eigenvalue weighted by Gasteiger charge is -2.26. The van der Waals surface area contributed by atoms with Crippen LogP contribution in [0.4, 0.5) is 0 Å². The smallest absolute Gasteiger partial charge is 0.0325 e. The quantitative estimate of drug-likeness (QED) is 0.756. The minimum absolute atomic E-state index is 0.535. The lowest BCUT2D eigenvalue weighted by atomic mass is 9.87. The summed E-state index contributed by atoms with van der Waals surface area (Å²) < 4.78 is 0. The van der Waals surface area contributed by atoms with Crippen LogP contribution in [-0.4, -0.2) is 6.54 Å². The second-order valence-corrected chi connectivity index (χ2v) is 4.63. The number of rotatable bonds is 4. The van der Waals surface area contributed by atoms with E-state index in [0.717, 1.165) is 13.0 Å². The van der Waals surface area contributed by atoms with Crippen molar-refractivity contribution >= 4 is 0 Å². The summed E-state index contributed by atoms with van der Waals surface area (Å²) in [5, 5.41) is 3.63. The summed E-state index contributed by atoms with van der Waals surface area (Å²) in [5.41, 5.74) is 4.31. The fraction of sp³-hybridized carbons (Fsp3) is 0.467. The predicted octanol–water partition coefficient (Wildman–Crippen LogP) is 3.62. The second-order valence-electron chi connectivity index (χ2n) is 4.63. The van der Waals surface area contributed by atoms with Crippen molar-refractivity contribution in [1.29, 1.82) is 0 Å². The molecule has 1 unspecified atom stereocenters. The number of nitrogens with one attached hydrogen (secondary N) is 1. The van der Waals surface area contributed by atoms with Crippen molar-refractivity contribution in [1.82, 2.24) is 5.32 Å². The molecule has 2 rings (SSSR count). The zero-order chi connectivity index (χ0) is 11.4. The van der Waals surface area contributed by atoms with Crippen LogP contribution < -0.4 is 5.32 Å². The van der Waals surface area contributed by atoms with Gasteiger partial charge in [0.05, 0.1) is 0 Å². The largest absolute Gasteiger partial charge is 0.306 e. The summed E-state index contributed by atoms with van der Waals surface area (Å²) in [6.45, 7) is 7.17. The Hall–Kier alpha value is -1.08. The van der Waals surface area contributed by atoms with E-state index in [1.807, 2.05) is 0 Å². The highest BCUT2D eigenvalue weighted by Crippen LogP contribution is 2.29. The Balaban J connectivity index is 2.04. The zero-order valence-corrected chi connectivity index (χ0v) is 10.1. The van der Waals surface area contributed by atoms with E-state index in [-0.39, 0.29) is 0 Å². The van der Waals surface area contributed by atoms with E-state index in [2.05, 4.69) is 43.1 Å². The number of aryl methyl sites for hydroxylation is 1. The first-order valence-corrected chi connectivity index (χ1v) is 6.29. The summed E-state index contributed by atoms with van der Waals surface area (Å²) >= 11 is 0. The van der Waals surface area contributed by atoms with Gasteiger partial charge in [0.1, 0.15) is 0 Å². The van der Waals surface area contributed by atoms with Crippen LogP contribution in [0, 0.1) is 0 Å². The van der Waals surface area contributed by atoms with E-state index in [1.165, 1.54) is 36.0 Å². The van der Waals surface area contributed by atoms with Gasteiger partial charge in [-0.2, -0.15) is 0 Å². The van der Waals surface area contributed by atoms with Crippen LogP contribution in [-0.2, 0) is 6.42 Å². The highest BCUT2D eigenvalue weighted by atomic mass is 14.9. The minimum atomic E-state index is 0.535. The lowest BCUT2D eigenvalue weighted by Crippen LogP contribution is -2.26. The monoisotopic (exact) mass is 215 g/mol. The predicted molar refractivity (Wildman–Crippen MR) is 69.6 cm³/mol. The molecule has 1 nitrogen and oxygen atoms in total. The van der Waals surface area contributed by atoms with Crippen LogP contribution in [0.2, 0.25) is 0 Å². The van der Waals surface area contributed by atoms with Crippen LogP contribution in [0.1, 0.15) is 43.4 Å². The molecule has 0 heterocycles. The first-order chi connectivity index (χ1) is 7.81. The number of benzene rings is 1. The molecular formula is C15H21N. The van der Waals surface area contributed by atoms with E-state index in [9.17, 15) is 0 Å². The van der Waals surface area contributed by atoms with Crippen LogP contribution in [0.3, 0.4) is 0 Å². The SMILES string of the molecule is C=C(CC)CNC1CCCc2ccccc21. The molecule has 0 saturated carbocycles. The molecule has 1 atom stereocenters. The number of fused-ring (bicyclic) bond motifs is 1. The van der Waals surface area contributed by atoms with Gasteiger partial charge in [-0.25, -0.2) is 0 Å². The van der Waals surface area contributed by atoms with Crippen molar-refractivity contribution in [3.05, 3.63) is 47.5 Å². The van der Waals surface area contributed by atoms with Crippen LogP contribution in [0.25, 0.3) is 0 Å².